The van der Waals surface area contributed by atoms with E-state index in [9.17, 15) is 4.79 Å². The summed E-state index contributed by atoms with van der Waals surface area (Å²) < 4.78 is 11.3. The molecule has 1 aliphatic rings. The largest absolute Gasteiger partial charge is 0.477 e. The second-order valence-electron chi connectivity index (χ2n) is 7.73. The molecule has 1 fully saturated rings. The molecule has 154 valence electrons. The summed E-state index contributed by atoms with van der Waals surface area (Å²) in [4.78, 5) is 26.8. The van der Waals surface area contributed by atoms with Crippen molar-refractivity contribution in [2.24, 2.45) is 5.92 Å². The van der Waals surface area contributed by atoms with Crippen molar-refractivity contribution in [1.82, 2.24) is 19.9 Å². The molecule has 9 nitrogen and oxygen atoms in total. The number of nitrogens with zero attached hydrogens (tertiary/aromatic N) is 5. The van der Waals surface area contributed by atoms with Crippen molar-refractivity contribution in [1.29, 1.82) is 5.26 Å². The molecule has 0 atom stereocenters. The van der Waals surface area contributed by atoms with Gasteiger partial charge in [-0.3, -0.25) is 0 Å². The van der Waals surface area contributed by atoms with E-state index in [2.05, 4.69) is 20.3 Å². The summed E-state index contributed by atoms with van der Waals surface area (Å²) in [7, 11) is 0. The zero-order chi connectivity index (χ0) is 20.9. The van der Waals surface area contributed by atoms with Gasteiger partial charge >= 0.3 is 6.09 Å². The van der Waals surface area contributed by atoms with Crippen LogP contribution in [0.3, 0.4) is 0 Å². The maximum absolute atomic E-state index is 12.1. The molecular formula is C19H24N6O3S. The fourth-order valence-electron chi connectivity index (χ4n) is 2.79. The Morgan fingerprint density at radius 1 is 1.34 bits per heavy atom. The minimum atomic E-state index is -0.482. The van der Waals surface area contributed by atoms with E-state index in [-0.39, 0.29) is 6.09 Å². The molecular weight excluding hydrogens is 392 g/mol. The van der Waals surface area contributed by atoms with E-state index in [1.165, 1.54) is 23.9 Å². The fourth-order valence-corrected chi connectivity index (χ4v) is 3.41. The summed E-state index contributed by atoms with van der Waals surface area (Å²) in [6, 6.07) is 3.75. The van der Waals surface area contributed by atoms with Crippen LogP contribution in [-0.4, -0.2) is 51.2 Å². The van der Waals surface area contributed by atoms with Gasteiger partial charge in [0.05, 0.1) is 12.8 Å². The van der Waals surface area contributed by atoms with E-state index in [0.717, 1.165) is 12.8 Å². The van der Waals surface area contributed by atoms with Crippen LogP contribution in [0.15, 0.2) is 18.6 Å². The predicted octanol–water partition coefficient (Wildman–Crippen LogP) is 3.57. The zero-order valence-corrected chi connectivity index (χ0v) is 17.5. The lowest BCUT2D eigenvalue weighted by atomic mass is 9.98. The van der Waals surface area contributed by atoms with Gasteiger partial charge in [-0.2, -0.15) is 5.26 Å². The quantitative estimate of drug-likeness (QED) is 0.787. The standard InChI is InChI=1S/C19H24N6O3S/c1-19(2,3)28-18(26)25-6-4-13(5-7-25)11-27-16-8-15(22-12-23-16)24-17-21-10-14(9-20)29-17/h8,10,12-13H,4-7,11H2,1-3H3,(H,21,22,23,24). The highest BCUT2D eigenvalue weighted by Crippen LogP contribution is 2.24. The minimum absolute atomic E-state index is 0.259. The molecule has 10 heteroatoms. The highest BCUT2D eigenvalue weighted by atomic mass is 32.1. The lowest BCUT2D eigenvalue weighted by Crippen LogP contribution is -2.42. The molecule has 1 saturated heterocycles. The highest BCUT2D eigenvalue weighted by molar-refractivity contribution is 7.16. The third-order valence-electron chi connectivity index (χ3n) is 4.23. The normalized spacial score (nSPS) is 14.9. The van der Waals surface area contributed by atoms with Gasteiger partial charge in [-0.05, 0) is 39.5 Å². The van der Waals surface area contributed by atoms with Gasteiger partial charge in [0, 0.05) is 19.2 Å². The number of nitriles is 1. The number of rotatable bonds is 5. The van der Waals surface area contributed by atoms with Gasteiger partial charge in [-0.1, -0.05) is 11.3 Å². The molecule has 0 spiro atoms. The first kappa shape index (κ1) is 20.8. The van der Waals surface area contributed by atoms with E-state index in [0.29, 0.717) is 47.3 Å². The molecule has 2 aromatic rings. The Labute approximate surface area is 173 Å². The first-order valence-corrected chi connectivity index (χ1v) is 10.2. The van der Waals surface area contributed by atoms with E-state index in [4.69, 9.17) is 14.7 Å². The summed E-state index contributed by atoms with van der Waals surface area (Å²) in [5.74, 6) is 1.36. The van der Waals surface area contributed by atoms with E-state index in [1.54, 1.807) is 11.0 Å². The molecule has 29 heavy (non-hydrogen) atoms. The van der Waals surface area contributed by atoms with E-state index in [1.807, 2.05) is 26.8 Å². The Kier molecular flexibility index (Phi) is 6.49. The van der Waals surface area contributed by atoms with Crippen LogP contribution in [0.25, 0.3) is 0 Å². The Hall–Kier alpha value is -2.93. The number of aromatic nitrogens is 3. The molecule has 1 N–H and O–H groups in total. The third kappa shape index (κ3) is 6.29. The van der Waals surface area contributed by atoms with Gasteiger partial charge in [0.2, 0.25) is 5.88 Å². The van der Waals surface area contributed by atoms with Crippen LogP contribution in [0.1, 0.15) is 38.5 Å². The molecule has 0 radical (unpaired) electrons. The Bertz CT molecular complexity index is 881. The van der Waals surface area contributed by atoms with Gasteiger partial charge in [0.25, 0.3) is 0 Å². The zero-order valence-electron chi connectivity index (χ0n) is 16.7. The van der Waals surface area contributed by atoms with Crippen molar-refractivity contribution in [3.63, 3.8) is 0 Å². The number of anilines is 2. The number of likely N-dealkylation sites (tertiary alicyclic amines) is 1. The molecule has 3 heterocycles. The van der Waals surface area contributed by atoms with Crippen molar-refractivity contribution in [2.75, 3.05) is 25.0 Å². The average Bonchev–Trinajstić information content (AvgIpc) is 3.13. The van der Waals surface area contributed by atoms with Crippen molar-refractivity contribution < 1.29 is 14.3 Å². The fraction of sp³-hybridized carbons (Fsp3) is 0.526. The van der Waals surface area contributed by atoms with Gasteiger partial charge in [0.1, 0.15) is 28.7 Å². The maximum Gasteiger partial charge on any atom is 0.410 e. The monoisotopic (exact) mass is 416 g/mol. The molecule has 0 aromatic carbocycles. The number of piperidine rings is 1. The summed E-state index contributed by atoms with van der Waals surface area (Å²) in [5, 5.41) is 12.5. The first-order valence-electron chi connectivity index (χ1n) is 9.38. The number of carbonyl (C=O) groups is 1. The number of thiazole rings is 1. The summed E-state index contributed by atoms with van der Waals surface area (Å²) in [6.07, 6.45) is 4.37. The first-order chi connectivity index (χ1) is 13.8. The number of carbonyl (C=O) groups excluding carboxylic acids is 1. The van der Waals surface area contributed by atoms with Crippen LogP contribution >= 0.6 is 11.3 Å². The lowest BCUT2D eigenvalue weighted by molar-refractivity contribution is 0.0164. The highest BCUT2D eigenvalue weighted by Gasteiger charge is 2.27. The number of hydrogen-bond acceptors (Lipinski definition) is 9. The van der Waals surface area contributed by atoms with Crippen molar-refractivity contribution in [3.8, 4) is 11.9 Å². The third-order valence-corrected chi connectivity index (χ3v) is 5.04. The smallest absolute Gasteiger partial charge is 0.410 e. The van der Waals surface area contributed by atoms with Gasteiger partial charge in [0.15, 0.2) is 5.13 Å². The Morgan fingerprint density at radius 3 is 2.76 bits per heavy atom. The summed E-state index contributed by atoms with van der Waals surface area (Å²) >= 11 is 1.25. The minimum Gasteiger partial charge on any atom is -0.477 e. The van der Waals surface area contributed by atoms with Crippen molar-refractivity contribution in [3.05, 3.63) is 23.5 Å². The molecule has 1 amide bonds. The van der Waals surface area contributed by atoms with E-state index < -0.39 is 5.60 Å². The number of hydrogen-bond donors (Lipinski definition) is 1. The van der Waals surface area contributed by atoms with Crippen LogP contribution in [0.4, 0.5) is 15.7 Å². The summed E-state index contributed by atoms with van der Waals surface area (Å²) in [5.41, 5.74) is -0.482. The van der Waals surface area contributed by atoms with Crippen molar-refractivity contribution in [2.45, 2.75) is 39.2 Å². The molecule has 2 aromatic heterocycles. The maximum atomic E-state index is 12.1. The topological polar surface area (TPSA) is 113 Å². The predicted molar refractivity (Wildman–Crippen MR) is 108 cm³/mol. The Morgan fingerprint density at radius 2 is 2.10 bits per heavy atom. The molecule has 0 saturated carbocycles. The average molecular weight is 417 g/mol. The van der Waals surface area contributed by atoms with E-state index >= 15 is 0 Å². The summed E-state index contributed by atoms with van der Waals surface area (Å²) in [6.45, 7) is 7.44. The second kappa shape index (κ2) is 9.05. The number of ether oxygens (including phenoxy) is 2. The lowest BCUT2D eigenvalue weighted by Gasteiger charge is -2.33. The van der Waals surface area contributed by atoms with Crippen LogP contribution in [-0.2, 0) is 4.74 Å². The molecule has 0 bridgehead atoms. The molecule has 0 unspecified atom stereocenters. The van der Waals surface area contributed by atoms with Gasteiger partial charge in [-0.15, -0.1) is 0 Å². The van der Waals surface area contributed by atoms with Crippen LogP contribution in [0.5, 0.6) is 5.88 Å². The SMILES string of the molecule is CC(C)(C)OC(=O)N1CCC(COc2cc(Nc3ncc(C#N)s3)ncn2)CC1. The molecule has 0 aliphatic carbocycles. The van der Waals surface area contributed by atoms with Crippen LogP contribution < -0.4 is 10.1 Å². The van der Waals surface area contributed by atoms with Gasteiger partial charge < -0.3 is 19.7 Å². The second-order valence-corrected chi connectivity index (χ2v) is 8.76. The van der Waals surface area contributed by atoms with Crippen LogP contribution in [0.2, 0.25) is 0 Å². The Balaban J connectivity index is 1.46. The van der Waals surface area contributed by atoms with Crippen LogP contribution in [0, 0.1) is 17.2 Å². The molecule has 1 aliphatic heterocycles. The number of nitrogens with one attached hydrogen (secondary N) is 1. The molecule has 3 rings (SSSR count). The van der Waals surface area contributed by atoms with Crippen molar-refractivity contribution >= 4 is 28.4 Å². The number of amides is 1. The van der Waals surface area contributed by atoms with Gasteiger partial charge in [-0.25, -0.2) is 19.7 Å².